The van der Waals surface area contributed by atoms with Crippen molar-refractivity contribution < 1.29 is 13.0 Å². The second kappa shape index (κ2) is 6.31. The molecule has 0 bridgehead atoms. The van der Waals surface area contributed by atoms with Crippen molar-refractivity contribution in [1.29, 1.82) is 0 Å². The molecule has 1 aliphatic rings. The van der Waals surface area contributed by atoms with Gasteiger partial charge in [-0.05, 0) is 45.7 Å². The molecule has 2 N–H and O–H groups in total. The van der Waals surface area contributed by atoms with Crippen LogP contribution in [0.5, 0.6) is 0 Å². The highest BCUT2D eigenvalue weighted by Crippen LogP contribution is 2.09. The number of hydrogen-bond donors (Lipinski definition) is 2. The normalized spacial score (nSPS) is 23.3. The summed E-state index contributed by atoms with van der Waals surface area (Å²) in [6, 6.07) is 7.53. The Labute approximate surface area is 109 Å². The van der Waals surface area contributed by atoms with E-state index in [1.54, 1.807) is 12.1 Å². The molecule has 2 rings (SSSR count). The smallest absolute Gasteiger partial charge is 0.294 e. The van der Waals surface area contributed by atoms with Gasteiger partial charge in [0.15, 0.2) is 0 Å². The Morgan fingerprint density at radius 1 is 1.11 bits per heavy atom. The van der Waals surface area contributed by atoms with Crippen molar-refractivity contribution in [3.8, 4) is 0 Å². The Kier molecular flexibility index (Phi) is 5.31. The molecule has 5 heteroatoms. The summed E-state index contributed by atoms with van der Waals surface area (Å²) in [5.74, 6) is 0. The average Bonchev–Trinajstić information content (AvgIpc) is 2.62. The van der Waals surface area contributed by atoms with Crippen LogP contribution in [0.1, 0.15) is 32.3 Å². The molecule has 0 saturated carbocycles. The largest absolute Gasteiger partial charge is 0.312 e. The van der Waals surface area contributed by atoms with Crippen molar-refractivity contribution >= 4 is 10.1 Å². The van der Waals surface area contributed by atoms with Crippen LogP contribution in [-0.2, 0) is 10.1 Å². The van der Waals surface area contributed by atoms with Crippen LogP contribution in [0.4, 0.5) is 0 Å². The highest BCUT2D eigenvalue weighted by atomic mass is 32.2. The summed E-state index contributed by atoms with van der Waals surface area (Å²) in [5, 5.41) is 3.42. The van der Waals surface area contributed by atoms with Crippen molar-refractivity contribution in [2.75, 3.05) is 0 Å². The van der Waals surface area contributed by atoms with Gasteiger partial charge in [-0.25, -0.2) is 0 Å². The fourth-order valence-electron chi connectivity index (χ4n) is 1.86. The molecular formula is C13H21NO3S. The van der Waals surface area contributed by atoms with Crippen molar-refractivity contribution in [2.45, 2.75) is 50.6 Å². The number of benzene rings is 1. The molecule has 0 spiro atoms. The van der Waals surface area contributed by atoms with Crippen molar-refractivity contribution in [3.05, 3.63) is 29.8 Å². The fraction of sp³-hybridized carbons (Fsp3) is 0.538. The number of aryl methyl sites for hydroxylation is 1. The van der Waals surface area contributed by atoms with Gasteiger partial charge in [-0.15, -0.1) is 0 Å². The van der Waals surface area contributed by atoms with E-state index in [0.29, 0.717) is 0 Å². The van der Waals surface area contributed by atoms with E-state index in [1.807, 2.05) is 6.92 Å². The van der Waals surface area contributed by atoms with Crippen LogP contribution in [0, 0.1) is 6.92 Å². The number of hydrogen-bond acceptors (Lipinski definition) is 3. The van der Waals surface area contributed by atoms with E-state index in [9.17, 15) is 8.42 Å². The van der Waals surface area contributed by atoms with Crippen LogP contribution in [0.3, 0.4) is 0 Å². The minimum Gasteiger partial charge on any atom is -0.312 e. The lowest BCUT2D eigenvalue weighted by molar-refractivity contribution is 0.483. The lowest BCUT2D eigenvalue weighted by Crippen LogP contribution is -2.23. The molecular weight excluding hydrogens is 250 g/mol. The van der Waals surface area contributed by atoms with Crippen molar-refractivity contribution in [3.63, 3.8) is 0 Å². The highest BCUT2D eigenvalue weighted by molar-refractivity contribution is 7.85. The zero-order valence-corrected chi connectivity index (χ0v) is 11.9. The maximum absolute atomic E-state index is 10.5. The molecule has 0 amide bonds. The van der Waals surface area contributed by atoms with Gasteiger partial charge in [-0.1, -0.05) is 17.7 Å². The Hall–Kier alpha value is -0.910. The molecule has 1 aliphatic heterocycles. The first kappa shape index (κ1) is 15.1. The standard InChI is InChI=1S/C7H8O3S.C6H13N/c1-6-2-4-7(5-3-6)11(8,9)10;1-5-3-4-6(2)7-5/h2-5H,1H3,(H,8,9,10);5-7H,3-4H2,1-2H3/t;5-,6+. The number of rotatable bonds is 1. The number of nitrogens with one attached hydrogen (secondary N) is 1. The molecule has 4 nitrogen and oxygen atoms in total. The van der Waals surface area contributed by atoms with E-state index in [0.717, 1.165) is 17.6 Å². The summed E-state index contributed by atoms with van der Waals surface area (Å²) in [5.41, 5.74) is 0.956. The quantitative estimate of drug-likeness (QED) is 0.770. The van der Waals surface area contributed by atoms with Gasteiger partial charge >= 0.3 is 0 Å². The SMILES string of the molecule is C[C@@H]1CC[C@H](C)N1.Cc1ccc(S(=O)(=O)O)cc1. The van der Waals surface area contributed by atoms with Crippen molar-refractivity contribution in [2.24, 2.45) is 0 Å². The van der Waals surface area contributed by atoms with E-state index in [2.05, 4.69) is 19.2 Å². The van der Waals surface area contributed by atoms with E-state index >= 15 is 0 Å². The Balaban J connectivity index is 0.000000199. The average molecular weight is 271 g/mol. The first-order valence-corrected chi connectivity index (χ1v) is 7.53. The third-order valence-electron chi connectivity index (χ3n) is 2.92. The lowest BCUT2D eigenvalue weighted by Gasteiger charge is -2.01. The molecule has 2 atom stereocenters. The molecule has 1 aromatic carbocycles. The summed E-state index contributed by atoms with van der Waals surface area (Å²) >= 11 is 0. The summed E-state index contributed by atoms with van der Waals surface area (Å²) in [7, 11) is -4.02. The minimum atomic E-state index is -4.02. The molecule has 1 heterocycles. The molecule has 1 fully saturated rings. The van der Waals surface area contributed by atoms with Crippen LogP contribution in [-0.4, -0.2) is 25.1 Å². The lowest BCUT2D eigenvalue weighted by atomic mass is 10.2. The maximum Gasteiger partial charge on any atom is 0.294 e. The van der Waals surface area contributed by atoms with E-state index in [-0.39, 0.29) is 4.90 Å². The summed E-state index contributed by atoms with van der Waals surface area (Å²) in [6.07, 6.45) is 2.72. The van der Waals surface area contributed by atoms with Gasteiger partial charge in [0.05, 0.1) is 4.90 Å². The van der Waals surface area contributed by atoms with E-state index in [1.165, 1.54) is 25.0 Å². The Morgan fingerprint density at radius 3 is 1.83 bits per heavy atom. The van der Waals surface area contributed by atoms with E-state index < -0.39 is 10.1 Å². The molecule has 1 aromatic rings. The Morgan fingerprint density at radius 2 is 1.56 bits per heavy atom. The van der Waals surface area contributed by atoms with Gasteiger partial charge in [0.25, 0.3) is 10.1 Å². The molecule has 0 radical (unpaired) electrons. The Bertz CT molecular complexity index is 460. The highest BCUT2D eigenvalue weighted by Gasteiger charge is 2.14. The van der Waals surface area contributed by atoms with Crippen LogP contribution < -0.4 is 5.32 Å². The van der Waals surface area contributed by atoms with Crippen LogP contribution in [0.25, 0.3) is 0 Å². The van der Waals surface area contributed by atoms with Crippen LogP contribution in [0.2, 0.25) is 0 Å². The predicted molar refractivity (Wildman–Crippen MR) is 72.3 cm³/mol. The topological polar surface area (TPSA) is 66.4 Å². The van der Waals surface area contributed by atoms with Crippen LogP contribution >= 0.6 is 0 Å². The molecule has 0 unspecified atom stereocenters. The summed E-state index contributed by atoms with van der Waals surface area (Å²) < 4.78 is 29.6. The zero-order chi connectivity index (χ0) is 13.8. The van der Waals surface area contributed by atoms with Gasteiger partial charge < -0.3 is 5.32 Å². The summed E-state index contributed by atoms with van der Waals surface area (Å²) in [4.78, 5) is -0.0666. The first-order chi connectivity index (χ1) is 8.29. The second-order valence-corrected chi connectivity index (χ2v) is 6.26. The zero-order valence-electron chi connectivity index (χ0n) is 11.1. The first-order valence-electron chi connectivity index (χ1n) is 6.09. The van der Waals surface area contributed by atoms with E-state index in [4.69, 9.17) is 4.55 Å². The van der Waals surface area contributed by atoms with Crippen molar-refractivity contribution in [1.82, 2.24) is 5.32 Å². The molecule has 0 aromatic heterocycles. The molecule has 1 saturated heterocycles. The third-order valence-corrected chi connectivity index (χ3v) is 3.79. The maximum atomic E-state index is 10.5. The monoisotopic (exact) mass is 271 g/mol. The predicted octanol–water partition coefficient (Wildman–Crippen LogP) is 2.39. The van der Waals surface area contributed by atoms with Gasteiger partial charge in [0.1, 0.15) is 0 Å². The minimum absolute atomic E-state index is 0.0666. The third kappa shape index (κ3) is 5.16. The van der Waals surface area contributed by atoms with Gasteiger partial charge in [0, 0.05) is 12.1 Å². The van der Waals surface area contributed by atoms with Gasteiger partial charge in [0.2, 0.25) is 0 Å². The second-order valence-electron chi connectivity index (χ2n) is 4.83. The molecule has 0 aliphatic carbocycles. The summed E-state index contributed by atoms with van der Waals surface area (Å²) in [6.45, 7) is 6.32. The molecule has 18 heavy (non-hydrogen) atoms. The fourth-order valence-corrected chi connectivity index (χ4v) is 2.34. The van der Waals surface area contributed by atoms with Crippen LogP contribution in [0.15, 0.2) is 29.2 Å². The molecule has 102 valence electrons. The van der Waals surface area contributed by atoms with Gasteiger partial charge in [-0.3, -0.25) is 4.55 Å². The van der Waals surface area contributed by atoms with Gasteiger partial charge in [-0.2, -0.15) is 8.42 Å².